The van der Waals surface area contributed by atoms with E-state index in [2.05, 4.69) is 23.6 Å². The normalized spacial score (nSPS) is 38.6. The van der Waals surface area contributed by atoms with Crippen LogP contribution in [0.5, 0.6) is 0 Å². The molecule has 2 aliphatic heterocycles. The quantitative estimate of drug-likeness (QED) is 0.685. The molecule has 0 aromatic carbocycles. The van der Waals surface area contributed by atoms with E-state index < -0.39 is 0 Å². The Morgan fingerprint density at radius 3 is 2.20 bits per heavy atom. The van der Waals surface area contributed by atoms with Gasteiger partial charge in [0.25, 0.3) is 0 Å². The molecule has 3 fully saturated rings. The van der Waals surface area contributed by atoms with E-state index in [9.17, 15) is 0 Å². The van der Waals surface area contributed by atoms with Gasteiger partial charge in [-0.2, -0.15) is 0 Å². The Bertz CT molecular complexity index is 233. The number of piperazine rings is 1. The van der Waals surface area contributed by atoms with Gasteiger partial charge in [-0.3, -0.25) is 9.80 Å². The lowest BCUT2D eigenvalue weighted by Crippen LogP contribution is -2.51. The zero-order chi connectivity index (χ0) is 10.4. The summed E-state index contributed by atoms with van der Waals surface area (Å²) in [5.74, 6) is 0. The Morgan fingerprint density at radius 2 is 1.67 bits per heavy atom. The number of fused-ring (bicyclic) bond motifs is 2. The molecule has 15 heavy (non-hydrogen) atoms. The van der Waals surface area contributed by atoms with E-state index in [4.69, 9.17) is 0 Å². The maximum absolute atomic E-state index is 2.84. The summed E-state index contributed by atoms with van der Waals surface area (Å²) in [6.07, 6.45) is 7.36. The third-order valence-electron chi connectivity index (χ3n) is 4.78. The van der Waals surface area contributed by atoms with Gasteiger partial charge in [-0.05, 0) is 33.1 Å². The van der Waals surface area contributed by atoms with Crippen molar-refractivity contribution in [1.29, 1.82) is 0 Å². The van der Waals surface area contributed by atoms with Gasteiger partial charge in [-0.1, -0.05) is 12.8 Å². The van der Waals surface area contributed by atoms with E-state index in [1.807, 2.05) is 0 Å². The summed E-state index contributed by atoms with van der Waals surface area (Å²) in [6.45, 7) is 7.41. The van der Waals surface area contributed by atoms with Crippen LogP contribution in [0.15, 0.2) is 0 Å². The smallest absolute Gasteiger partial charge is 0.0242 e. The molecule has 2 heterocycles. The Hall–Kier alpha value is -0.0800. The van der Waals surface area contributed by atoms with Crippen molar-refractivity contribution in [1.82, 2.24) is 9.80 Å². The molecule has 0 unspecified atom stereocenters. The van der Waals surface area contributed by atoms with Crippen LogP contribution < -0.4 is 0 Å². The molecule has 3 aliphatic rings. The molecule has 2 heteroatoms. The third kappa shape index (κ3) is 1.62. The van der Waals surface area contributed by atoms with Crippen LogP contribution in [0.1, 0.15) is 46.0 Å². The van der Waals surface area contributed by atoms with Crippen molar-refractivity contribution in [2.24, 2.45) is 0 Å². The predicted octanol–water partition coefficient (Wildman–Crippen LogP) is 2.10. The summed E-state index contributed by atoms with van der Waals surface area (Å²) in [5, 5.41) is 0. The van der Waals surface area contributed by atoms with Crippen LogP contribution in [0.25, 0.3) is 0 Å². The van der Waals surface area contributed by atoms with E-state index in [0.29, 0.717) is 0 Å². The Balaban J connectivity index is 1.64. The predicted molar refractivity (Wildman–Crippen MR) is 63.0 cm³/mol. The molecule has 0 aromatic heterocycles. The summed E-state index contributed by atoms with van der Waals surface area (Å²) in [5.41, 5.74) is 0. The molecule has 2 atom stereocenters. The molecule has 0 amide bonds. The molecule has 2 nitrogen and oxygen atoms in total. The third-order valence-corrected chi connectivity index (χ3v) is 4.78. The van der Waals surface area contributed by atoms with Gasteiger partial charge < -0.3 is 0 Å². The van der Waals surface area contributed by atoms with Crippen LogP contribution in [0.4, 0.5) is 0 Å². The number of rotatable bonds is 2. The molecule has 86 valence electrons. The monoisotopic (exact) mass is 208 g/mol. The van der Waals surface area contributed by atoms with Crippen LogP contribution in [0.2, 0.25) is 0 Å². The summed E-state index contributed by atoms with van der Waals surface area (Å²) < 4.78 is 0. The number of nitrogens with zero attached hydrogens (tertiary/aromatic N) is 2. The maximum Gasteiger partial charge on any atom is 0.0242 e. The minimum absolute atomic E-state index is 0.755. The van der Waals surface area contributed by atoms with E-state index in [-0.39, 0.29) is 0 Å². The van der Waals surface area contributed by atoms with Crippen LogP contribution in [-0.2, 0) is 0 Å². The number of likely N-dealkylation sites (tertiary alicyclic amines) is 2. The van der Waals surface area contributed by atoms with Crippen LogP contribution >= 0.6 is 0 Å². The summed E-state index contributed by atoms with van der Waals surface area (Å²) in [4.78, 5) is 5.56. The molecule has 0 spiro atoms. The molecule has 0 N–H and O–H groups in total. The second kappa shape index (κ2) is 3.74. The van der Waals surface area contributed by atoms with Crippen molar-refractivity contribution >= 4 is 0 Å². The Labute approximate surface area is 93.6 Å². The fraction of sp³-hybridized carbons (Fsp3) is 1.00. The van der Waals surface area contributed by atoms with Gasteiger partial charge in [0.1, 0.15) is 0 Å². The minimum Gasteiger partial charge on any atom is -0.295 e. The summed E-state index contributed by atoms with van der Waals surface area (Å²) in [6, 6.07) is 3.50. The fourth-order valence-corrected chi connectivity index (χ4v) is 4.04. The van der Waals surface area contributed by atoms with E-state index >= 15 is 0 Å². The highest BCUT2D eigenvalue weighted by atomic mass is 15.4. The van der Waals surface area contributed by atoms with Crippen molar-refractivity contribution in [3.05, 3.63) is 0 Å². The molecular weight excluding hydrogens is 184 g/mol. The van der Waals surface area contributed by atoms with Crippen LogP contribution in [0, 0.1) is 0 Å². The Morgan fingerprint density at radius 1 is 0.933 bits per heavy atom. The van der Waals surface area contributed by atoms with Crippen molar-refractivity contribution in [3.63, 3.8) is 0 Å². The standard InChI is InChI=1S/C13H24N2/c1-10(2)14-8-13-7-12(14)9-15(13)11-5-3-4-6-11/h10-13H,3-9H2,1-2H3/t12-,13-/m0/s1. The molecule has 0 aromatic rings. The number of hydrogen-bond donors (Lipinski definition) is 0. The minimum atomic E-state index is 0.755. The second-order valence-electron chi connectivity index (χ2n) is 5.97. The van der Waals surface area contributed by atoms with Gasteiger partial charge in [-0.25, -0.2) is 0 Å². The molecule has 0 radical (unpaired) electrons. The first-order chi connectivity index (χ1) is 7.25. The van der Waals surface area contributed by atoms with Gasteiger partial charge >= 0.3 is 0 Å². The lowest BCUT2D eigenvalue weighted by Gasteiger charge is -2.39. The van der Waals surface area contributed by atoms with Crippen LogP contribution in [-0.4, -0.2) is 47.1 Å². The van der Waals surface area contributed by atoms with Crippen molar-refractivity contribution in [3.8, 4) is 0 Å². The summed E-state index contributed by atoms with van der Waals surface area (Å²) in [7, 11) is 0. The van der Waals surface area contributed by atoms with Gasteiger partial charge in [0.2, 0.25) is 0 Å². The average Bonchev–Trinajstić information content (AvgIpc) is 2.92. The molecule has 1 saturated carbocycles. The Kier molecular flexibility index (Phi) is 2.52. The van der Waals surface area contributed by atoms with E-state index in [1.54, 1.807) is 0 Å². The van der Waals surface area contributed by atoms with E-state index in [0.717, 1.165) is 24.2 Å². The fourth-order valence-electron chi connectivity index (χ4n) is 4.04. The molecule has 3 rings (SSSR count). The van der Waals surface area contributed by atoms with Crippen molar-refractivity contribution in [2.45, 2.75) is 70.1 Å². The zero-order valence-electron chi connectivity index (χ0n) is 10.2. The van der Waals surface area contributed by atoms with Gasteiger partial charge in [0, 0.05) is 37.3 Å². The van der Waals surface area contributed by atoms with Crippen LogP contribution in [0.3, 0.4) is 0 Å². The lowest BCUT2D eigenvalue weighted by molar-refractivity contribution is 0.0762. The first kappa shape index (κ1) is 10.1. The topological polar surface area (TPSA) is 6.48 Å². The van der Waals surface area contributed by atoms with E-state index in [1.165, 1.54) is 45.2 Å². The molecular formula is C13H24N2. The zero-order valence-corrected chi connectivity index (χ0v) is 10.2. The first-order valence-corrected chi connectivity index (χ1v) is 6.77. The average molecular weight is 208 g/mol. The highest BCUT2D eigenvalue weighted by Crippen LogP contribution is 2.37. The highest BCUT2D eigenvalue weighted by molar-refractivity contribution is 5.03. The highest BCUT2D eigenvalue weighted by Gasteiger charge is 2.46. The van der Waals surface area contributed by atoms with Gasteiger partial charge in [-0.15, -0.1) is 0 Å². The molecule has 1 aliphatic carbocycles. The molecule has 2 saturated heterocycles. The second-order valence-corrected chi connectivity index (χ2v) is 5.97. The molecule has 2 bridgehead atoms. The maximum atomic E-state index is 2.84. The SMILES string of the molecule is CC(C)N1C[C@@H]2C[C@H]1CN2C1CCCC1. The summed E-state index contributed by atoms with van der Waals surface area (Å²) >= 11 is 0. The first-order valence-electron chi connectivity index (χ1n) is 6.77. The largest absolute Gasteiger partial charge is 0.295 e. The van der Waals surface area contributed by atoms with Gasteiger partial charge in [0.05, 0.1) is 0 Å². The van der Waals surface area contributed by atoms with Gasteiger partial charge in [0.15, 0.2) is 0 Å². The number of hydrogen-bond acceptors (Lipinski definition) is 2. The van der Waals surface area contributed by atoms with Crippen molar-refractivity contribution in [2.75, 3.05) is 13.1 Å². The lowest BCUT2D eigenvalue weighted by atomic mass is 10.1. The van der Waals surface area contributed by atoms with Crippen molar-refractivity contribution < 1.29 is 0 Å².